The van der Waals surface area contributed by atoms with Crippen LogP contribution in [0.25, 0.3) is 10.9 Å². The summed E-state index contributed by atoms with van der Waals surface area (Å²) < 4.78 is 7.88. The number of aromatic amines is 1. The van der Waals surface area contributed by atoms with E-state index >= 15 is 0 Å². The van der Waals surface area contributed by atoms with Crippen molar-refractivity contribution in [3.8, 4) is 0 Å². The number of hydrogen-bond acceptors (Lipinski definition) is 4. The Bertz CT molecular complexity index is 664. The fourth-order valence-electron chi connectivity index (χ4n) is 2.84. The predicted molar refractivity (Wildman–Crippen MR) is 92.9 cm³/mol. The molecular weight excluding hydrogens is 485 g/mol. The second kappa shape index (κ2) is 7.85. The first kappa shape index (κ1) is 18.5. The van der Waals surface area contributed by atoms with Crippen LogP contribution in [0.1, 0.15) is 48.8 Å². The molecule has 0 aromatic carbocycles. The van der Waals surface area contributed by atoms with Gasteiger partial charge in [0, 0.05) is 23.6 Å². The van der Waals surface area contributed by atoms with Crippen molar-refractivity contribution in [1.29, 1.82) is 0 Å². The number of fused-ring (bicyclic) bond motifs is 1. The fraction of sp³-hybridized carbons (Fsp3) is 0.529. The van der Waals surface area contributed by atoms with E-state index in [2.05, 4.69) is 46.7 Å². The van der Waals surface area contributed by atoms with E-state index in [4.69, 9.17) is 4.74 Å². The van der Waals surface area contributed by atoms with Gasteiger partial charge >= 0.3 is 42.9 Å². The second-order valence-electron chi connectivity index (χ2n) is 6.73. The molecule has 0 aliphatic carbocycles. The van der Waals surface area contributed by atoms with Crippen LogP contribution in [0.4, 0.5) is 0 Å². The first-order chi connectivity index (χ1) is 10.8. The first-order valence-corrected chi connectivity index (χ1v) is 9.51. The number of ether oxygens (including phenoxy) is 1. The van der Waals surface area contributed by atoms with Crippen molar-refractivity contribution in [1.82, 2.24) is 12.7 Å². The molecule has 0 saturated carbocycles. The van der Waals surface area contributed by atoms with Crippen molar-refractivity contribution in [2.45, 2.75) is 38.2 Å². The maximum absolute atomic E-state index is 10.8. The van der Waals surface area contributed by atoms with Crippen molar-refractivity contribution >= 4 is 43.3 Å². The molecule has 1 atom stereocenters. The van der Waals surface area contributed by atoms with Gasteiger partial charge in [-0.2, -0.15) is 0 Å². The molecule has 6 heteroatoms. The number of aldehydes is 1. The number of carbonyl (C=O) groups is 1. The summed E-state index contributed by atoms with van der Waals surface area (Å²) in [5.41, 5.74) is 2.53. The summed E-state index contributed by atoms with van der Waals surface area (Å²) in [6.45, 7) is 5.03. The van der Waals surface area contributed by atoms with Crippen LogP contribution < -0.4 is 0 Å². The predicted octanol–water partition coefficient (Wildman–Crippen LogP) is 2.68. The van der Waals surface area contributed by atoms with Crippen molar-refractivity contribution in [3.05, 3.63) is 29.7 Å². The van der Waals surface area contributed by atoms with Gasteiger partial charge in [0.25, 0.3) is 0 Å². The molecular formula is C17H24N3O2Pb. The zero-order valence-electron chi connectivity index (χ0n) is 14.2. The van der Waals surface area contributed by atoms with Crippen LogP contribution in [-0.4, -0.2) is 71.3 Å². The van der Waals surface area contributed by atoms with Crippen LogP contribution in [0.15, 0.2) is 18.3 Å². The Balaban J connectivity index is 0.000000433. The number of H-pyrrole nitrogens is 1. The molecule has 1 N–H and O–H groups in total. The van der Waals surface area contributed by atoms with Crippen LogP contribution in [0.2, 0.25) is 0 Å². The van der Waals surface area contributed by atoms with Crippen LogP contribution >= 0.6 is 0 Å². The van der Waals surface area contributed by atoms with Crippen molar-refractivity contribution in [2.75, 3.05) is 20.7 Å². The minimum atomic E-state index is -0.0777. The molecule has 0 bridgehead atoms. The molecule has 123 valence electrons. The number of rotatable bonds is 2. The molecule has 1 aliphatic heterocycles. The molecule has 3 rings (SSSR count). The Kier molecular flexibility index (Phi) is 6.33. The Morgan fingerprint density at radius 2 is 2.13 bits per heavy atom. The average molecular weight is 510 g/mol. The SMILES string of the molecule is CC1(C)CC(c2cc3cc(C=O)[nH]c3cn2)CCO1.C[N](C)[Pb]. The summed E-state index contributed by atoms with van der Waals surface area (Å²) in [6, 6.07) is 3.96. The van der Waals surface area contributed by atoms with E-state index in [0.29, 0.717) is 11.6 Å². The van der Waals surface area contributed by atoms with E-state index in [1.54, 1.807) is 0 Å². The quantitative estimate of drug-likeness (QED) is 0.500. The van der Waals surface area contributed by atoms with Gasteiger partial charge in [0.1, 0.15) is 0 Å². The number of pyridine rings is 1. The second-order valence-corrected chi connectivity index (χ2v) is 10.2. The molecule has 23 heavy (non-hydrogen) atoms. The summed E-state index contributed by atoms with van der Waals surface area (Å²) in [7, 11) is 4.12. The molecule has 3 radical (unpaired) electrons. The Labute approximate surface area is 153 Å². The summed E-state index contributed by atoms with van der Waals surface area (Å²) >= 11 is 1.18. The first-order valence-electron chi connectivity index (χ1n) is 7.77. The molecule has 1 fully saturated rings. The van der Waals surface area contributed by atoms with Gasteiger partial charge in [0.05, 0.1) is 23.0 Å². The zero-order valence-corrected chi connectivity index (χ0v) is 18.1. The monoisotopic (exact) mass is 510 g/mol. The average Bonchev–Trinajstić information content (AvgIpc) is 2.87. The summed E-state index contributed by atoms with van der Waals surface area (Å²) in [5, 5.41) is 1.05. The van der Waals surface area contributed by atoms with E-state index in [-0.39, 0.29) is 5.60 Å². The standard InChI is InChI=1S/C15H18N2O2.C2H6N.Pb/c1-15(2)7-10(3-4-19-15)13-6-11-5-12(9-18)17-14(11)8-16-13;1-3-2;/h5-6,8-10,17H,3-4,7H2,1-2H3;1-2H3;/q;-1;+1. The van der Waals surface area contributed by atoms with E-state index in [9.17, 15) is 4.79 Å². The van der Waals surface area contributed by atoms with Gasteiger partial charge in [-0.1, -0.05) is 0 Å². The summed E-state index contributed by atoms with van der Waals surface area (Å²) in [6.07, 6.45) is 4.64. The van der Waals surface area contributed by atoms with Gasteiger partial charge < -0.3 is 9.72 Å². The molecule has 3 heterocycles. The summed E-state index contributed by atoms with van der Waals surface area (Å²) in [4.78, 5) is 18.4. The minimum absolute atomic E-state index is 0.0777. The molecule has 5 nitrogen and oxygen atoms in total. The zero-order chi connectivity index (χ0) is 17.0. The normalized spacial score (nSPS) is 20.2. The van der Waals surface area contributed by atoms with E-state index in [0.717, 1.165) is 42.3 Å². The fourth-order valence-corrected chi connectivity index (χ4v) is 2.84. The van der Waals surface area contributed by atoms with Gasteiger partial charge in [-0.05, 0) is 38.8 Å². The van der Waals surface area contributed by atoms with Gasteiger partial charge in [-0.15, -0.1) is 0 Å². The number of carbonyl (C=O) groups excluding carboxylic acids is 1. The number of nitrogens with zero attached hydrogens (tertiary/aromatic N) is 2. The molecule has 1 aliphatic rings. The van der Waals surface area contributed by atoms with Gasteiger partial charge in [-0.25, -0.2) is 0 Å². The third-order valence-electron chi connectivity index (χ3n) is 3.79. The maximum atomic E-state index is 10.8. The Hall–Kier alpha value is -0.798. The van der Waals surface area contributed by atoms with Crippen molar-refractivity contribution < 1.29 is 9.53 Å². The molecule has 1 unspecified atom stereocenters. The van der Waals surface area contributed by atoms with Crippen molar-refractivity contribution in [2.24, 2.45) is 0 Å². The molecule has 2 aromatic rings. The number of hydrogen-bond donors (Lipinski definition) is 1. The molecule has 0 spiro atoms. The number of aromatic nitrogens is 2. The summed E-state index contributed by atoms with van der Waals surface area (Å²) in [5.74, 6) is 0.433. The van der Waals surface area contributed by atoms with Crippen LogP contribution in [0.3, 0.4) is 0 Å². The van der Waals surface area contributed by atoms with E-state index < -0.39 is 0 Å². The number of nitrogens with one attached hydrogen (secondary N) is 1. The molecule has 2 aromatic heterocycles. The van der Waals surface area contributed by atoms with Gasteiger partial charge in [0.2, 0.25) is 0 Å². The van der Waals surface area contributed by atoms with Gasteiger partial charge in [-0.3, -0.25) is 9.78 Å². The topological polar surface area (TPSA) is 58.2 Å². The Morgan fingerprint density at radius 3 is 2.74 bits per heavy atom. The van der Waals surface area contributed by atoms with Crippen LogP contribution in [-0.2, 0) is 4.74 Å². The van der Waals surface area contributed by atoms with Crippen LogP contribution in [0, 0.1) is 0 Å². The third kappa shape index (κ3) is 5.36. The Morgan fingerprint density at radius 1 is 1.43 bits per heavy atom. The van der Waals surface area contributed by atoms with Crippen molar-refractivity contribution in [3.63, 3.8) is 0 Å². The van der Waals surface area contributed by atoms with Gasteiger partial charge in [0.15, 0.2) is 6.29 Å². The third-order valence-corrected chi connectivity index (χ3v) is 3.79. The molecule has 0 amide bonds. The van der Waals surface area contributed by atoms with E-state index in [1.165, 1.54) is 26.1 Å². The van der Waals surface area contributed by atoms with E-state index in [1.807, 2.05) is 12.3 Å². The molecule has 1 saturated heterocycles. The van der Waals surface area contributed by atoms with Crippen LogP contribution in [0.5, 0.6) is 0 Å².